The molecule has 19 heavy (non-hydrogen) atoms. The summed E-state index contributed by atoms with van der Waals surface area (Å²) in [5, 5.41) is 17.6. The van der Waals surface area contributed by atoms with Crippen LogP contribution in [0.2, 0.25) is 0 Å². The maximum atomic E-state index is 10.8. The second-order valence-corrected chi connectivity index (χ2v) is 4.53. The Morgan fingerprint density at radius 1 is 1.32 bits per heavy atom. The fraction of sp³-hybridized carbons (Fsp3) is 0.429. The van der Waals surface area contributed by atoms with Crippen molar-refractivity contribution in [1.82, 2.24) is 0 Å². The number of rotatable bonds is 2. The fourth-order valence-electron chi connectivity index (χ4n) is 1.77. The van der Waals surface area contributed by atoms with E-state index in [0.29, 0.717) is 0 Å². The third-order valence-corrected chi connectivity index (χ3v) is 3.06. The first kappa shape index (κ1) is 15.0. The van der Waals surface area contributed by atoms with E-state index in [9.17, 15) is 9.59 Å². The van der Waals surface area contributed by atoms with E-state index in [4.69, 9.17) is 14.9 Å². The summed E-state index contributed by atoms with van der Waals surface area (Å²) in [7, 11) is 0. The molecule has 0 aromatic heterocycles. The van der Waals surface area contributed by atoms with Gasteiger partial charge in [0.15, 0.2) is 0 Å². The van der Waals surface area contributed by atoms with Gasteiger partial charge in [0.1, 0.15) is 5.41 Å². The first-order valence-corrected chi connectivity index (χ1v) is 6.07. The molecule has 0 saturated carbocycles. The Balaban J connectivity index is 0.000000250. The monoisotopic (exact) mass is 266 g/mol. The molecule has 0 fully saturated rings. The topological polar surface area (TPSA) is 83.8 Å². The summed E-state index contributed by atoms with van der Waals surface area (Å²) < 4.78 is 4.89. The molecule has 0 aromatic rings. The van der Waals surface area contributed by atoms with Crippen LogP contribution in [-0.4, -0.2) is 28.8 Å². The molecular formula is C14H18O5. The highest BCUT2D eigenvalue weighted by Gasteiger charge is 2.43. The van der Waals surface area contributed by atoms with E-state index in [-0.39, 0.29) is 0 Å². The number of carbonyl (C=O) groups is 2. The maximum absolute atomic E-state index is 10.8. The number of aliphatic carboxylic acids is 2. The van der Waals surface area contributed by atoms with Crippen LogP contribution in [-0.2, 0) is 14.3 Å². The largest absolute Gasteiger partial charge is 0.502 e. The molecule has 5 nitrogen and oxygen atoms in total. The number of hydrogen-bond donors (Lipinski definition) is 2. The predicted octanol–water partition coefficient (Wildman–Crippen LogP) is 2.21. The average molecular weight is 266 g/mol. The summed E-state index contributed by atoms with van der Waals surface area (Å²) in [5.41, 5.74) is -1.33. The predicted molar refractivity (Wildman–Crippen MR) is 69.5 cm³/mol. The summed E-state index contributed by atoms with van der Waals surface area (Å²) >= 11 is 0. The molecule has 1 heterocycles. The zero-order chi connectivity index (χ0) is 14.3. The highest BCUT2D eigenvalue weighted by atomic mass is 16.5. The van der Waals surface area contributed by atoms with Gasteiger partial charge in [-0.25, -0.2) is 0 Å². The van der Waals surface area contributed by atoms with Gasteiger partial charge in [-0.05, 0) is 25.8 Å². The molecular weight excluding hydrogens is 248 g/mol. The lowest BCUT2D eigenvalue weighted by atomic mass is 9.74. The lowest BCUT2D eigenvalue weighted by molar-refractivity contribution is -0.155. The second-order valence-electron chi connectivity index (χ2n) is 4.53. The Hall–Kier alpha value is -2.04. The van der Waals surface area contributed by atoms with Crippen LogP contribution in [0.4, 0.5) is 0 Å². The molecule has 5 heteroatoms. The molecule has 0 spiro atoms. The van der Waals surface area contributed by atoms with E-state index in [1.54, 1.807) is 18.4 Å². The maximum Gasteiger partial charge on any atom is 0.314 e. The highest BCUT2D eigenvalue weighted by molar-refractivity contribution is 5.86. The third-order valence-electron chi connectivity index (χ3n) is 3.06. The molecule has 1 aliphatic carbocycles. The molecule has 0 saturated heterocycles. The summed E-state index contributed by atoms with van der Waals surface area (Å²) in [6.07, 6.45) is 12.1. The van der Waals surface area contributed by atoms with Crippen LogP contribution in [0.1, 0.15) is 19.8 Å². The van der Waals surface area contributed by atoms with Crippen molar-refractivity contribution < 1.29 is 24.5 Å². The summed E-state index contributed by atoms with van der Waals surface area (Å²) in [4.78, 5) is 21.6. The molecule has 0 bridgehead atoms. The molecule has 2 aliphatic rings. The van der Waals surface area contributed by atoms with Gasteiger partial charge >= 0.3 is 11.9 Å². The van der Waals surface area contributed by atoms with Gasteiger partial charge in [0.05, 0.1) is 18.8 Å². The number of ether oxygens (including phenoxy) is 1. The van der Waals surface area contributed by atoms with Crippen molar-refractivity contribution in [2.45, 2.75) is 19.8 Å². The van der Waals surface area contributed by atoms with Gasteiger partial charge in [0.2, 0.25) is 0 Å². The Morgan fingerprint density at radius 3 is 2.37 bits per heavy atom. The van der Waals surface area contributed by atoms with Gasteiger partial charge in [0.25, 0.3) is 0 Å². The minimum Gasteiger partial charge on any atom is -0.502 e. The van der Waals surface area contributed by atoms with Crippen molar-refractivity contribution in [1.29, 1.82) is 0 Å². The van der Waals surface area contributed by atoms with E-state index in [0.717, 1.165) is 6.61 Å². The third kappa shape index (κ3) is 3.98. The van der Waals surface area contributed by atoms with Crippen LogP contribution >= 0.6 is 0 Å². The average Bonchev–Trinajstić information content (AvgIpc) is 2.41. The van der Waals surface area contributed by atoms with E-state index >= 15 is 0 Å². The van der Waals surface area contributed by atoms with Crippen molar-refractivity contribution in [3.63, 3.8) is 0 Å². The first-order chi connectivity index (χ1) is 8.98. The minimum absolute atomic E-state index is 0.913. The molecule has 1 aliphatic heterocycles. The molecule has 2 rings (SSSR count). The van der Waals surface area contributed by atoms with E-state index in [1.165, 1.54) is 31.9 Å². The molecule has 0 amide bonds. The number of carboxylic acids is 2. The second kappa shape index (κ2) is 6.78. The summed E-state index contributed by atoms with van der Waals surface area (Å²) in [5.74, 6) is -3.24. The van der Waals surface area contributed by atoms with Crippen LogP contribution in [0.25, 0.3) is 0 Å². The number of allylic oxidation sites excluding steroid dienone is 3. The Morgan fingerprint density at radius 2 is 2.05 bits per heavy atom. The standard InChI is InChI=1S/C9H10O4.C5H8O/c1-9(8(12)13)5-3-2-4-6(9)7(10)11;1-2-4-6-5-3-1/h2-6H,1H3,(H,10,11)(H,12,13);2,4H,1,3,5H2. The van der Waals surface area contributed by atoms with Crippen LogP contribution in [0.3, 0.4) is 0 Å². The van der Waals surface area contributed by atoms with Gasteiger partial charge in [0, 0.05) is 0 Å². The smallest absolute Gasteiger partial charge is 0.314 e. The highest BCUT2D eigenvalue weighted by Crippen LogP contribution is 2.33. The molecule has 2 atom stereocenters. The number of carboxylic acid groups (broad SMARTS) is 2. The molecule has 2 N–H and O–H groups in total. The number of hydrogen-bond acceptors (Lipinski definition) is 3. The first-order valence-electron chi connectivity index (χ1n) is 6.07. The van der Waals surface area contributed by atoms with Gasteiger partial charge < -0.3 is 14.9 Å². The Bertz CT molecular complexity index is 414. The van der Waals surface area contributed by atoms with E-state index < -0.39 is 23.3 Å². The van der Waals surface area contributed by atoms with Crippen molar-refractivity contribution in [3.05, 3.63) is 36.6 Å². The summed E-state index contributed by atoms with van der Waals surface area (Å²) in [6, 6.07) is 0. The van der Waals surface area contributed by atoms with Crippen molar-refractivity contribution >= 4 is 11.9 Å². The zero-order valence-electron chi connectivity index (χ0n) is 10.8. The van der Waals surface area contributed by atoms with Crippen molar-refractivity contribution in [3.8, 4) is 0 Å². The normalized spacial score (nSPS) is 27.9. The van der Waals surface area contributed by atoms with Gasteiger partial charge in [-0.3, -0.25) is 9.59 Å². The SMILES string of the molecule is C1=COCCC1.CC1(C(=O)O)C=CC=CC1C(=O)O. The van der Waals surface area contributed by atoms with Gasteiger partial charge in [-0.1, -0.05) is 24.3 Å². The van der Waals surface area contributed by atoms with Crippen molar-refractivity contribution in [2.24, 2.45) is 11.3 Å². The van der Waals surface area contributed by atoms with Crippen LogP contribution < -0.4 is 0 Å². The Kier molecular flexibility index (Phi) is 5.36. The van der Waals surface area contributed by atoms with Gasteiger partial charge in [-0.15, -0.1) is 0 Å². The van der Waals surface area contributed by atoms with Crippen LogP contribution in [0.5, 0.6) is 0 Å². The fourth-order valence-corrected chi connectivity index (χ4v) is 1.77. The van der Waals surface area contributed by atoms with Gasteiger partial charge in [-0.2, -0.15) is 0 Å². The van der Waals surface area contributed by atoms with Crippen molar-refractivity contribution in [2.75, 3.05) is 6.61 Å². The lowest BCUT2D eigenvalue weighted by Crippen LogP contribution is -2.38. The molecule has 2 unspecified atom stereocenters. The molecule has 0 radical (unpaired) electrons. The zero-order valence-corrected chi connectivity index (χ0v) is 10.8. The Labute approximate surface area is 111 Å². The van der Waals surface area contributed by atoms with E-state index in [2.05, 4.69) is 0 Å². The molecule has 0 aromatic carbocycles. The van der Waals surface area contributed by atoms with Crippen LogP contribution in [0.15, 0.2) is 36.6 Å². The van der Waals surface area contributed by atoms with Crippen LogP contribution in [0, 0.1) is 11.3 Å². The minimum atomic E-state index is -1.33. The lowest BCUT2D eigenvalue weighted by Gasteiger charge is -2.27. The van der Waals surface area contributed by atoms with E-state index in [1.807, 2.05) is 6.08 Å². The quantitative estimate of drug-likeness (QED) is 0.800. The summed E-state index contributed by atoms with van der Waals surface area (Å²) in [6.45, 7) is 2.31. The molecule has 104 valence electrons.